The van der Waals surface area contributed by atoms with E-state index < -0.39 is 5.60 Å². The number of carbonyl (C=O) groups is 1. The molecule has 6 nitrogen and oxygen atoms in total. The fourth-order valence-electron chi connectivity index (χ4n) is 5.56. The molecule has 42 heavy (non-hydrogen) atoms. The smallest absolute Gasteiger partial charge is 0.414 e. The van der Waals surface area contributed by atoms with Crippen molar-refractivity contribution < 1.29 is 9.53 Å². The van der Waals surface area contributed by atoms with Gasteiger partial charge in [-0.1, -0.05) is 84.9 Å². The lowest BCUT2D eigenvalue weighted by atomic mass is 9.91. The number of fused-ring (bicyclic) bond motifs is 2. The van der Waals surface area contributed by atoms with Crippen molar-refractivity contribution in [1.29, 1.82) is 0 Å². The molecule has 0 atom stereocenters. The third-order valence-corrected chi connectivity index (χ3v) is 7.56. The van der Waals surface area contributed by atoms with Gasteiger partial charge in [0.25, 0.3) is 0 Å². The summed E-state index contributed by atoms with van der Waals surface area (Å²) in [5.74, 6) is 1.55. The van der Waals surface area contributed by atoms with Crippen molar-refractivity contribution in [2.45, 2.75) is 45.1 Å². The number of rotatable bonds is 6. The summed E-state index contributed by atoms with van der Waals surface area (Å²) in [6, 6.07) is 35.4. The molecule has 0 aliphatic carbocycles. The highest BCUT2D eigenvalue weighted by Gasteiger charge is 2.28. The topological polar surface area (TPSA) is 67.3 Å². The average Bonchev–Trinajstić information content (AvgIpc) is 3.00. The van der Waals surface area contributed by atoms with Crippen LogP contribution in [0.1, 0.15) is 49.8 Å². The van der Waals surface area contributed by atoms with E-state index in [9.17, 15) is 4.79 Å². The molecule has 0 saturated heterocycles. The van der Waals surface area contributed by atoms with Crippen molar-refractivity contribution in [2.24, 2.45) is 0 Å². The van der Waals surface area contributed by atoms with Crippen LogP contribution in [0.5, 0.6) is 0 Å². The molecule has 6 heteroatoms. The van der Waals surface area contributed by atoms with Crippen LogP contribution >= 0.6 is 0 Å². The van der Waals surface area contributed by atoms with Gasteiger partial charge in [0.05, 0.1) is 11.2 Å². The van der Waals surface area contributed by atoms with Crippen LogP contribution in [0.25, 0.3) is 22.3 Å². The number of anilines is 2. The Bertz CT molecular complexity index is 1660. The number of carbonyl (C=O) groups excluding carboxylic acids is 1. The number of hydrogen-bond acceptors (Lipinski definition) is 5. The quantitative estimate of drug-likeness (QED) is 0.228. The van der Waals surface area contributed by atoms with Crippen molar-refractivity contribution >= 4 is 28.5 Å². The van der Waals surface area contributed by atoms with Crippen LogP contribution in [-0.4, -0.2) is 34.8 Å². The summed E-state index contributed by atoms with van der Waals surface area (Å²) < 4.78 is 5.73. The molecule has 6 rings (SSSR count). The molecule has 1 amide bonds. The van der Waals surface area contributed by atoms with Gasteiger partial charge in [0.2, 0.25) is 0 Å². The molecule has 212 valence electrons. The maximum Gasteiger partial charge on any atom is 0.414 e. The third kappa shape index (κ3) is 5.98. The Labute approximate surface area is 247 Å². The molecule has 0 radical (unpaired) electrons. The number of nitrogens with zero attached hydrogens (tertiary/aromatic N) is 3. The van der Waals surface area contributed by atoms with Crippen LogP contribution in [0.15, 0.2) is 103 Å². The van der Waals surface area contributed by atoms with E-state index in [4.69, 9.17) is 14.7 Å². The van der Waals surface area contributed by atoms with E-state index in [0.717, 1.165) is 46.4 Å². The normalized spacial score (nSPS) is 13.2. The second-order valence-electron chi connectivity index (χ2n) is 11.7. The summed E-state index contributed by atoms with van der Waals surface area (Å²) in [5.41, 5.74) is 5.64. The van der Waals surface area contributed by atoms with Crippen molar-refractivity contribution in [3.05, 3.63) is 120 Å². The van der Waals surface area contributed by atoms with Crippen LogP contribution in [0, 0.1) is 0 Å². The first kappa shape index (κ1) is 27.5. The number of hydrogen-bond donors (Lipinski definition) is 1. The number of para-hydroxylation sites is 1. The predicted molar refractivity (Wildman–Crippen MR) is 170 cm³/mol. The van der Waals surface area contributed by atoms with Gasteiger partial charge >= 0.3 is 6.09 Å². The Morgan fingerprint density at radius 2 is 1.55 bits per heavy atom. The Kier molecular flexibility index (Phi) is 7.62. The van der Waals surface area contributed by atoms with Crippen molar-refractivity contribution in [2.75, 3.05) is 23.3 Å². The van der Waals surface area contributed by atoms with E-state index in [-0.39, 0.29) is 12.0 Å². The van der Waals surface area contributed by atoms with E-state index in [1.165, 1.54) is 11.1 Å². The number of amides is 1. The molecular formula is C36H36N4O2. The minimum Gasteiger partial charge on any atom is -0.443 e. The zero-order chi connectivity index (χ0) is 29.1. The highest BCUT2D eigenvalue weighted by molar-refractivity contribution is 5.92. The molecule has 1 aliphatic rings. The molecule has 0 spiro atoms. The van der Waals surface area contributed by atoms with Gasteiger partial charge in [0.15, 0.2) is 5.82 Å². The fraction of sp³-hybridized carbons (Fsp3) is 0.250. The van der Waals surface area contributed by atoms with Gasteiger partial charge in [0.1, 0.15) is 11.4 Å². The van der Waals surface area contributed by atoms with Crippen LogP contribution in [0.3, 0.4) is 0 Å². The molecule has 1 aliphatic heterocycles. The first-order valence-electron chi connectivity index (χ1n) is 14.6. The highest BCUT2D eigenvalue weighted by Crippen LogP contribution is 2.34. The Hall–Kier alpha value is -4.71. The highest BCUT2D eigenvalue weighted by atomic mass is 16.6. The standard InChI is InChI=1S/C36H36N4O2/c1-36(2,3)42-35(41)40-22-12-17-27-20-21-28(23-32(27)40)33-38-31-19-11-10-18-29(31)34(39-33)37-24-30(25-13-6-4-7-14-25)26-15-8-5-9-16-26/h4-11,13-16,18-21,23,30H,12,17,22,24H2,1-3H3,(H,37,38,39). The predicted octanol–water partition coefficient (Wildman–Crippen LogP) is 8.23. The van der Waals surface area contributed by atoms with E-state index in [2.05, 4.69) is 72.0 Å². The molecule has 0 bridgehead atoms. The number of nitrogens with one attached hydrogen (secondary N) is 1. The molecule has 5 aromatic rings. The summed E-state index contributed by atoms with van der Waals surface area (Å²) in [7, 11) is 0. The number of aromatic nitrogens is 2. The number of benzene rings is 4. The van der Waals surface area contributed by atoms with Crippen molar-refractivity contribution in [3.63, 3.8) is 0 Å². The van der Waals surface area contributed by atoms with E-state index in [1.807, 2.05) is 57.2 Å². The zero-order valence-electron chi connectivity index (χ0n) is 24.4. The SMILES string of the molecule is CC(C)(C)OC(=O)N1CCCc2ccc(-c3nc(NCC(c4ccccc4)c4ccccc4)c4ccccc4n3)cc21. The molecule has 2 heterocycles. The fourth-order valence-corrected chi connectivity index (χ4v) is 5.56. The maximum absolute atomic E-state index is 13.1. The van der Waals surface area contributed by atoms with E-state index in [0.29, 0.717) is 18.9 Å². The number of ether oxygens (including phenoxy) is 1. The second-order valence-corrected chi connectivity index (χ2v) is 11.7. The van der Waals surface area contributed by atoms with Crippen molar-refractivity contribution in [3.8, 4) is 11.4 Å². The lowest BCUT2D eigenvalue weighted by molar-refractivity contribution is 0.0578. The van der Waals surface area contributed by atoms with Crippen LogP contribution in [0.4, 0.5) is 16.3 Å². The van der Waals surface area contributed by atoms with Gasteiger partial charge in [-0.25, -0.2) is 14.8 Å². The summed E-state index contributed by atoms with van der Waals surface area (Å²) >= 11 is 0. The molecular weight excluding hydrogens is 520 g/mol. The molecule has 1 aromatic heterocycles. The zero-order valence-corrected chi connectivity index (χ0v) is 24.4. The molecule has 0 unspecified atom stereocenters. The summed E-state index contributed by atoms with van der Waals surface area (Å²) in [6.45, 7) is 6.97. The summed E-state index contributed by atoms with van der Waals surface area (Å²) in [5, 5.41) is 4.64. The van der Waals surface area contributed by atoms with Gasteiger partial charge in [-0.15, -0.1) is 0 Å². The lowest BCUT2D eigenvalue weighted by Crippen LogP contribution is -2.39. The molecule has 1 N–H and O–H groups in total. The molecule has 4 aromatic carbocycles. The first-order chi connectivity index (χ1) is 20.4. The van der Waals surface area contributed by atoms with E-state index in [1.54, 1.807) is 4.90 Å². The van der Waals surface area contributed by atoms with Gasteiger partial charge in [-0.3, -0.25) is 4.90 Å². The average molecular weight is 557 g/mol. The van der Waals surface area contributed by atoms with E-state index >= 15 is 0 Å². The van der Waals surface area contributed by atoms with Crippen LogP contribution in [0.2, 0.25) is 0 Å². The van der Waals surface area contributed by atoms with Gasteiger partial charge < -0.3 is 10.1 Å². The number of aryl methyl sites for hydroxylation is 1. The Balaban J connectivity index is 1.36. The second kappa shape index (κ2) is 11.6. The van der Waals surface area contributed by atoms with Gasteiger partial charge in [-0.05, 0) is 68.5 Å². The van der Waals surface area contributed by atoms with Gasteiger partial charge in [-0.2, -0.15) is 0 Å². The summed E-state index contributed by atoms with van der Waals surface area (Å²) in [6.07, 6.45) is 1.49. The minimum absolute atomic E-state index is 0.149. The lowest BCUT2D eigenvalue weighted by Gasteiger charge is -2.32. The summed E-state index contributed by atoms with van der Waals surface area (Å²) in [4.78, 5) is 24.8. The van der Waals surface area contributed by atoms with Crippen molar-refractivity contribution in [1.82, 2.24) is 9.97 Å². The first-order valence-corrected chi connectivity index (χ1v) is 14.6. The monoisotopic (exact) mass is 556 g/mol. The van der Waals surface area contributed by atoms with Crippen LogP contribution < -0.4 is 10.2 Å². The minimum atomic E-state index is -0.564. The Morgan fingerprint density at radius 3 is 2.24 bits per heavy atom. The Morgan fingerprint density at radius 1 is 0.881 bits per heavy atom. The maximum atomic E-state index is 13.1. The largest absolute Gasteiger partial charge is 0.443 e. The van der Waals surface area contributed by atoms with Gasteiger partial charge in [0, 0.05) is 30.0 Å². The van der Waals surface area contributed by atoms with Crippen LogP contribution in [-0.2, 0) is 11.2 Å². The third-order valence-electron chi connectivity index (χ3n) is 7.56. The molecule has 0 fully saturated rings. The molecule has 0 saturated carbocycles.